The lowest BCUT2D eigenvalue weighted by atomic mass is 10.1. The minimum atomic E-state index is 0.792. The van der Waals surface area contributed by atoms with Crippen molar-refractivity contribution in [1.29, 1.82) is 0 Å². The van der Waals surface area contributed by atoms with Gasteiger partial charge in [0, 0.05) is 19.1 Å². The van der Waals surface area contributed by atoms with E-state index in [4.69, 9.17) is 0 Å². The second-order valence-electron chi connectivity index (χ2n) is 6.84. The molecule has 0 spiro atoms. The summed E-state index contributed by atoms with van der Waals surface area (Å²) in [5.41, 5.74) is 0. The van der Waals surface area contributed by atoms with E-state index in [-0.39, 0.29) is 0 Å². The first-order valence-electron chi connectivity index (χ1n) is 7.29. The molecule has 0 aromatic carbocycles. The highest BCUT2D eigenvalue weighted by molar-refractivity contribution is 4.95. The molecule has 1 rings (SSSR count). The lowest BCUT2D eigenvalue weighted by molar-refractivity contribution is 0.246. The number of rotatable bonds is 8. The second kappa shape index (κ2) is 6.75. The van der Waals surface area contributed by atoms with Gasteiger partial charge >= 0.3 is 0 Å². The van der Waals surface area contributed by atoms with Gasteiger partial charge < -0.3 is 9.80 Å². The zero-order chi connectivity index (χ0) is 13.0. The summed E-state index contributed by atoms with van der Waals surface area (Å²) in [5.74, 6) is 2.55. The zero-order valence-corrected chi connectivity index (χ0v) is 12.7. The predicted molar refractivity (Wildman–Crippen MR) is 76.3 cm³/mol. The van der Waals surface area contributed by atoms with Crippen molar-refractivity contribution in [3.63, 3.8) is 0 Å². The molecule has 1 aliphatic carbocycles. The Kier molecular flexibility index (Phi) is 5.94. The summed E-state index contributed by atoms with van der Waals surface area (Å²) in [7, 11) is 4.57. The lowest BCUT2D eigenvalue weighted by Crippen LogP contribution is -2.30. The average molecular weight is 240 g/mol. The van der Waals surface area contributed by atoms with E-state index in [1.807, 2.05) is 0 Å². The van der Waals surface area contributed by atoms with Gasteiger partial charge in [0.15, 0.2) is 0 Å². The van der Waals surface area contributed by atoms with Crippen LogP contribution in [0.25, 0.3) is 0 Å². The van der Waals surface area contributed by atoms with E-state index in [0.717, 1.165) is 23.8 Å². The highest BCUT2D eigenvalue weighted by atomic mass is 15.2. The zero-order valence-electron chi connectivity index (χ0n) is 12.7. The van der Waals surface area contributed by atoms with Crippen LogP contribution in [0, 0.1) is 17.8 Å². The van der Waals surface area contributed by atoms with Crippen LogP contribution in [0.15, 0.2) is 0 Å². The fraction of sp³-hybridized carbons (Fsp3) is 1.00. The number of nitrogens with zero attached hydrogens (tertiary/aromatic N) is 2. The molecule has 1 fully saturated rings. The second-order valence-corrected chi connectivity index (χ2v) is 6.84. The third-order valence-corrected chi connectivity index (χ3v) is 3.74. The van der Waals surface area contributed by atoms with Crippen LogP contribution in [-0.2, 0) is 0 Å². The van der Waals surface area contributed by atoms with Crippen molar-refractivity contribution >= 4 is 0 Å². The largest absolute Gasteiger partial charge is 0.306 e. The first-order chi connectivity index (χ1) is 7.90. The van der Waals surface area contributed by atoms with Gasteiger partial charge in [0.25, 0.3) is 0 Å². The first kappa shape index (κ1) is 15.0. The Labute approximate surface area is 108 Å². The van der Waals surface area contributed by atoms with Gasteiger partial charge in [-0.05, 0) is 51.2 Å². The van der Waals surface area contributed by atoms with Gasteiger partial charge in [-0.15, -0.1) is 0 Å². The van der Waals surface area contributed by atoms with Crippen molar-refractivity contribution in [3.05, 3.63) is 0 Å². The van der Waals surface area contributed by atoms with E-state index in [1.165, 1.54) is 32.5 Å². The van der Waals surface area contributed by atoms with E-state index < -0.39 is 0 Å². The molecule has 0 saturated heterocycles. The van der Waals surface area contributed by atoms with Crippen molar-refractivity contribution in [2.75, 3.05) is 33.7 Å². The van der Waals surface area contributed by atoms with Crippen molar-refractivity contribution < 1.29 is 0 Å². The Morgan fingerprint density at radius 1 is 1.06 bits per heavy atom. The molecule has 0 aromatic rings. The van der Waals surface area contributed by atoms with Gasteiger partial charge in [0.05, 0.1) is 0 Å². The maximum Gasteiger partial charge on any atom is 0.0137 e. The molecular weight excluding hydrogens is 208 g/mol. The first-order valence-corrected chi connectivity index (χ1v) is 7.29. The van der Waals surface area contributed by atoms with Crippen molar-refractivity contribution in [2.45, 2.75) is 46.6 Å². The van der Waals surface area contributed by atoms with Gasteiger partial charge in [-0.2, -0.15) is 0 Å². The smallest absolute Gasteiger partial charge is 0.0137 e. The van der Waals surface area contributed by atoms with E-state index in [2.05, 4.69) is 51.6 Å². The average Bonchev–Trinajstić information content (AvgIpc) is 2.93. The Morgan fingerprint density at radius 3 is 2.24 bits per heavy atom. The van der Waals surface area contributed by atoms with Gasteiger partial charge in [-0.1, -0.05) is 27.7 Å². The Bertz CT molecular complexity index is 213. The number of hydrogen-bond donors (Lipinski definition) is 0. The topological polar surface area (TPSA) is 6.48 Å². The maximum absolute atomic E-state index is 2.56. The van der Waals surface area contributed by atoms with Gasteiger partial charge in [-0.25, -0.2) is 0 Å². The van der Waals surface area contributed by atoms with Crippen LogP contribution in [0.1, 0.15) is 40.5 Å². The fourth-order valence-corrected chi connectivity index (χ4v) is 2.65. The predicted octanol–water partition coefficient (Wildman–Crippen LogP) is 2.94. The SMILES string of the molecule is CC(C)CCN(C)CC1CC1N(C)CC(C)C. The molecule has 0 bridgehead atoms. The van der Waals surface area contributed by atoms with Crippen molar-refractivity contribution in [1.82, 2.24) is 9.80 Å². The highest BCUT2D eigenvalue weighted by Crippen LogP contribution is 2.35. The summed E-state index contributed by atoms with van der Waals surface area (Å²) in [5, 5.41) is 0. The molecule has 0 amide bonds. The quantitative estimate of drug-likeness (QED) is 0.643. The van der Waals surface area contributed by atoms with Crippen LogP contribution < -0.4 is 0 Å². The molecule has 2 nitrogen and oxygen atoms in total. The molecule has 0 aromatic heterocycles. The standard InChI is InChI=1S/C15H32N2/c1-12(2)7-8-16(5)11-14-9-15(14)17(6)10-13(3)4/h12-15H,7-11H2,1-6H3. The van der Waals surface area contributed by atoms with Gasteiger partial charge in [-0.3, -0.25) is 0 Å². The third-order valence-electron chi connectivity index (χ3n) is 3.74. The van der Waals surface area contributed by atoms with Crippen LogP contribution in [-0.4, -0.2) is 49.6 Å². The molecule has 2 unspecified atom stereocenters. The minimum Gasteiger partial charge on any atom is -0.306 e. The van der Waals surface area contributed by atoms with E-state index in [9.17, 15) is 0 Å². The molecule has 17 heavy (non-hydrogen) atoms. The molecule has 0 aliphatic heterocycles. The van der Waals surface area contributed by atoms with Gasteiger partial charge in [0.1, 0.15) is 0 Å². The summed E-state index contributed by atoms with van der Waals surface area (Å²) in [6.07, 6.45) is 2.74. The maximum atomic E-state index is 2.56. The minimum absolute atomic E-state index is 0.792. The summed E-state index contributed by atoms with van der Waals surface area (Å²) < 4.78 is 0. The van der Waals surface area contributed by atoms with Gasteiger partial charge in [0.2, 0.25) is 0 Å². The molecule has 0 N–H and O–H groups in total. The van der Waals surface area contributed by atoms with Crippen molar-refractivity contribution in [2.24, 2.45) is 17.8 Å². The van der Waals surface area contributed by atoms with Crippen LogP contribution in [0.2, 0.25) is 0 Å². The van der Waals surface area contributed by atoms with E-state index in [1.54, 1.807) is 0 Å². The van der Waals surface area contributed by atoms with E-state index >= 15 is 0 Å². The third kappa shape index (κ3) is 5.87. The molecule has 0 heterocycles. The van der Waals surface area contributed by atoms with Crippen LogP contribution in [0.3, 0.4) is 0 Å². The molecule has 0 radical (unpaired) electrons. The Hall–Kier alpha value is -0.0800. The molecule has 1 saturated carbocycles. The van der Waals surface area contributed by atoms with Crippen LogP contribution >= 0.6 is 0 Å². The highest BCUT2D eigenvalue weighted by Gasteiger charge is 2.40. The summed E-state index contributed by atoms with van der Waals surface area (Å²) >= 11 is 0. The summed E-state index contributed by atoms with van der Waals surface area (Å²) in [6.45, 7) is 13.0. The Morgan fingerprint density at radius 2 is 1.71 bits per heavy atom. The summed E-state index contributed by atoms with van der Waals surface area (Å²) in [6, 6.07) is 0.860. The molecular formula is C15H32N2. The van der Waals surface area contributed by atoms with Crippen LogP contribution in [0.4, 0.5) is 0 Å². The van der Waals surface area contributed by atoms with Crippen LogP contribution in [0.5, 0.6) is 0 Å². The monoisotopic (exact) mass is 240 g/mol. The summed E-state index contributed by atoms with van der Waals surface area (Å²) in [4.78, 5) is 5.08. The molecule has 102 valence electrons. The molecule has 2 heteroatoms. The van der Waals surface area contributed by atoms with Crippen molar-refractivity contribution in [3.8, 4) is 0 Å². The normalized spacial score (nSPS) is 24.4. The fourth-order valence-electron chi connectivity index (χ4n) is 2.65. The number of hydrogen-bond acceptors (Lipinski definition) is 2. The molecule has 2 atom stereocenters. The molecule has 1 aliphatic rings. The van der Waals surface area contributed by atoms with E-state index in [0.29, 0.717) is 0 Å². The Balaban J connectivity index is 2.14. The lowest BCUT2D eigenvalue weighted by Gasteiger charge is -2.21.